The summed E-state index contributed by atoms with van der Waals surface area (Å²) in [6.45, 7) is 6.54. The lowest BCUT2D eigenvalue weighted by Gasteiger charge is -2.61. The van der Waals surface area contributed by atoms with Crippen LogP contribution in [0.4, 0.5) is 0 Å². The van der Waals surface area contributed by atoms with Gasteiger partial charge >= 0.3 is 5.97 Å². The summed E-state index contributed by atoms with van der Waals surface area (Å²) < 4.78 is 0. The third kappa shape index (κ3) is 3.18. The number of hydrogen-bond donors (Lipinski definition) is 3. The third-order valence-corrected chi connectivity index (χ3v) is 10.1. The molecule has 4 fully saturated rings. The smallest absolute Gasteiger partial charge is 0.303 e. The molecule has 10 atom stereocenters. The van der Waals surface area contributed by atoms with Crippen LogP contribution < -0.4 is 0 Å². The zero-order valence-electron chi connectivity index (χ0n) is 18.1. The number of aliphatic hydroxyl groups is 2. The van der Waals surface area contributed by atoms with Crippen molar-refractivity contribution >= 4 is 11.8 Å². The molecule has 0 bridgehead atoms. The van der Waals surface area contributed by atoms with E-state index in [9.17, 15) is 19.8 Å². The number of carbonyl (C=O) groups excluding carboxylic acids is 1. The highest BCUT2D eigenvalue weighted by Crippen LogP contribution is 2.67. The fourth-order valence-electron chi connectivity index (χ4n) is 8.41. The second-order valence-corrected chi connectivity index (χ2v) is 11.2. The molecule has 0 aliphatic heterocycles. The van der Waals surface area contributed by atoms with Gasteiger partial charge in [-0.25, -0.2) is 0 Å². The molecule has 5 nitrogen and oxygen atoms in total. The summed E-state index contributed by atoms with van der Waals surface area (Å²) in [5, 5.41) is 30.5. The first-order valence-corrected chi connectivity index (χ1v) is 11.7. The predicted octanol–water partition coefficient (Wildman–Crippen LogP) is 3.66. The van der Waals surface area contributed by atoms with E-state index in [4.69, 9.17) is 5.11 Å². The fraction of sp³-hybridized carbons (Fsp3) is 0.917. The SMILES string of the molecule is C[C@@H](CCC(=O)O)[C@H]1CC[C@H]2[C@@H]3[C@@H](O)C[C@H]4C[C@@H](O)CC[C@]4(C)[C@H]3CC(=O)[C@]12C. The van der Waals surface area contributed by atoms with Crippen molar-refractivity contribution in [1.82, 2.24) is 0 Å². The standard InChI is InChI=1S/C24H38O5/c1-13(4-7-21(28)29)16-5-6-17-22-18(12-20(27)24(16,17)3)23(2)9-8-15(25)10-14(23)11-19(22)26/h13-19,22,25-26H,4-12H2,1-3H3,(H,28,29)/t13-,14+,15-,16+,17-,18-,19-,22-,23-,24+/m0/s1. The van der Waals surface area contributed by atoms with E-state index in [-0.39, 0.29) is 47.5 Å². The van der Waals surface area contributed by atoms with Crippen LogP contribution in [0.3, 0.4) is 0 Å². The Labute approximate surface area is 174 Å². The molecule has 0 amide bonds. The molecule has 29 heavy (non-hydrogen) atoms. The Bertz CT molecular complexity index is 676. The van der Waals surface area contributed by atoms with E-state index >= 15 is 0 Å². The molecular formula is C24H38O5. The quantitative estimate of drug-likeness (QED) is 0.662. The van der Waals surface area contributed by atoms with Gasteiger partial charge in [0, 0.05) is 18.3 Å². The minimum Gasteiger partial charge on any atom is -0.481 e. The average molecular weight is 407 g/mol. The molecular weight excluding hydrogens is 368 g/mol. The van der Waals surface area contributed by atoms with Crippen LogP contribution in [-0.2, 0) is 9.59 Å². The van der Waals surface area contributed by atoms with Crippen molar-refractivity contribution in [2.45, 2.75) is 90.8 Å². The zero-order chi connectivity index (χ0) is 21.1. The highest BCUT2D eigenvalue weighted by Gasteiger charge is 2.65. The number of aliphatic hydroxyl groups excluding tert-OH is 2. The number of rotatable bonds is 4. The van der Waals surface area contributed by atoms with Crippen molar-refractivity contribution < 1.29 is 24.9 Å². The van der Waals surface area contributed by atoms with Gasteiger partial charge in [-0.1, -0.05) is 20.8 Å². The van der Waals surface area contributed by atoms with Crippen LogP contribution in [0, 0.1) is 46.3 Å². The van der Waals surface area contributed by atoms with E-state index in [1.165, 1.54) is 0 Å². The van der Waals surface area contributed by atoms with Crippen LogP contribution >= 0.6 is 0 Å². The van der Waals surface area contributed by atoms with Gasteiger partial charge in [-0.3, -0.25) is 9.59 Å². The van der Waals surface area contributed by atoms with Gasteiger partial charge in [0.05, 0.1) is 12.2 Å². The Morgan fingerprint density at radius 1 is 1.14 bits per heavy atom. The normalized spacial score (nSPS) is 50.4. The van der Waals surface area contributed by atoms with Crippen molar-refractivity contribution in [3.05, 3.63) is 0 Å². The Morgan fingerprint density at radius 2 is 1.86 bits per heavy atom. The van der Waals surface area contributed by atoms with Gasteiger partial charge in [0.2, 0.25) is 0 Å². The number of carboxylic acids is 1. The lowest BCUT2D eigenvalue weighted by atomic mass is 9.43. The van der Waals surface area contributed by atoms with Gasteiger partial charge in [-0.2, -0.15) is 0 Å². The largest absolute Gasteiger partial charge is 0.481 e. The summed E-state index contributed by atoms with van der Waals surface area (Å²) in [7, 11) is 0. The maximum atomic E-state index is 13.6. The van der Waals surface area contributed by atoms with Crippen molar-refractivity contribution in [1.29, 1.82) is 0 Å². The van der Waals surface area contributed by atoms with Crippen LogP contribution in [0.2, 0.25) is 0 Å². The first-order chi connectivity index (χ1) is 13.6. The molecule has 0 aromatic heterocycles. The van der Waals surface area contributed by atoms with E-state index < -0.39 is 17.5 Å². The number of fused-ring (bicyclic) bond motifs is 5. The molecule has 0 heterocycles. The number of hydrogen-bond acceptors (Lipinski definition) is 4. The molecule has 0 aromatic carbocycles. The third-order valence-electron chi connectivity index (χ3n) is 10.1. The van der Waals surface area contributed by atoms with E-state index in [0.29, 0.717) is 24.5 Å². The molecule has 3 N–H and O–H groups in total. The van der Waals surface area contributed by atoms with Gasteiger partial charge in [-0.05, 0) is 85.9 Å². The van der Waals surface area contributed by atoms with Crippen LogP contribution in [0.15, 0.2) is 0 Å². The summed E-state index contributed by atoms with van der Waals surface area (Å²) in [6.07, 6.45) is 5.82. The molecule has 4 saturated carbocycles. The van der Waals surface area contributed by atoms with Gasteiger partial charge in [0.1, 0.15) is 5.78 Å². The van der Waals surface area contributed by atoms with E-state index in [2.05, 4.69) is 20.8 Å². The number of carboxylic acid groups (broad SMARTS) is 1. The van der Waals surface area contributed by atoms with Crippen LogP contribution in [0.25, 0.3) is 0 Å². The molecule has 4 rings (SSSR count). The molecule has 0 aromatic rings. The Balaban J connectivity index is 1.62. The zero-order valence-corrected chi connectivity index (χ0v) is 18.1. The molecule has 4 aliphatic rings. The summed E-state index contributed by atoms with van der Waals surface area (Å²) in [5.41, 5.74) is -0.398. The molecule has 164 valence electrons. The molecule has 4 aliphatic carbocycles. The Morgan fingerprint density at radius 3 is 2.55 bits per heavy atom. The van der Waals surface area contributed by atoms with Gasteiger partial charge in [0.25, 0.3) is 0 Å². The molecule has 0 unspecified atom stereocenters. The van der Waals surface area contributed by atoms with E-state index in [1.807, 2.05) is 0 Å². The van der Waals surface area contributed by atoms with Gasteiger partial charge < -0.3 is 15.3 Å². The summed E-state index contributed by atoms with van der Waals surface area (Å²) in [5.74, 6) is 0.855. The number of ketones is 1. The first-order valence-electron chi connectivity index (χ1n) is 11.7. The Hall–Kier alpha value is -0.940. The number of aliphatic carboxylic acids is 1. The molecule has 0 spiro atoms. The summed E-state index contributed by atoms with van der Waals surface area (Å²) in [6, 6.07) is 0. The van der Waals surface area contributed by atoms with E-state index in [0.717, 1.165) is 38.5 Å². The topological polar surface area (TPSA) is 94.8 Å². The van der Waals surface area contributed by atoms with Crippen molar-refractivity contribution in [2.75, 3.05) is 0 Å². The summed E-state index contributed by atoms with van der Waals surface area (Å²) >= 11 is 0. The van der Waals surface area contributed by atoms with Gasteiger partial charge in [-0.15, -0.1) is 0 Å². The minimum atomic E-state index is -0.771. The Kier molecular flexibility index (Phi) is 5.39. The average Bonchev–Trinajstić information content (AvgIpc) is 3.01. The maximum Gasteiger partial charge on any atom is 0.303 e. The number of Topliss-reactive ketones (excluding diaryl/α,β-unsaturated/α-hetero) is 1. The molecule has 5 heteroatoms. The second-order valence-electron chi connectivity index (χ2n) is 11.2. The molecule has 0 saturated heterocycles. The maximum absolute atomic E-state index is 13.6. The highest BCUT2D eigenvalue weighted by molar-refractivity contribution is 5.87. The lowest BCUT2D eigenvalue weighted by Crippen LogP contribution is -2.61. The fourth-order valence-corrected chi connectivity index (χ4v) is 8.41. The van der Waals surface area contributed by atoms with Crippen molar-refractivity contribution in [3.8, 4) is 0 Å². The second kappa shape index (κ2) is 7.33. The van der Waals surface area contributed by atoms with Crippen LogP contribution in [0.1, 0.15) is 78.6 Å². The molecule has 0 radical (unpaired) electrons. The minimum absolute atomic E-state index is 0.0348. The monoisotopic (exact) mass is 406 g/mol. The van der Waals surface area contributed by atoms with Gasteiger partial charge in [0.15, 0.2) is 0 Å². The van der Waals surface area contributed by atoms with Crippen LogP contribution in [0.5, 0.6) is 0 Å². The van der Waals surface area contributed by atoms with Crippen molar-refractivity contribution in [3.63, 3.8) is 0 Å². The van der Waals surface area contributed by atoms with E-state index in [1.54, 1.807) is 0 Å². The van der Waals surface area contributed by atoms with Crippen molar-refractivity contribution in [2.24, 2.45) is 46.3 Å². The summed E-state index contributed by atoms with van der Waals surface area (Å²) in [4.78, 5) is 24.7. The first kappa shape index (κ1) is 21.3. The number of carbonyl (C=O) groups is 2. The predicted molar refractivity (Wildman–Crippen MR) is 109 cm³/mol. The lowest BCUT2D eigenvalue weighted by molar-refractivity contribution is -0.181. The van der Waals surface area contributed by atoms with Crippen LogP contribution in [-0.4, -0.2) is 39.3 Å². The highest BCUT2D eigenvalue weighted by atomic mass is 16.4.